The van der Waals surface area contributed by atoms with E-state index in [2.05, 4.69) is 40.0 Å². The first-order valence-electron chi connectivity index (χ1n) is 5.85. The Morgan fingerprint density at radius 1 is 1.50 bits per heavy atom. The molecule has 0 aromatic carbocycles. The Balaban J connectivity index is 2.12. The summed E-state index contributed by atoms with van der Waals surface area (Å²) in [6, 6.07) is 0. The smallest absolute Gasteiger partial charge is 0.131 e. The van der Waals surface area contributed by atoms with Crippen molar-refractivity contribution >= 4 is 27.3 Å². The van der Waals surface area contributed by atoms with E-state index in [4.69, 9.17) is 4.74 Å². The predicted molar refractivity (Wildman–Crippen MR) is 69.3 cm³/mol. The van der Waals surface area contributed by atoms with Gasteiger partial charge in [0.05, 0.1) is 10.9 Å². The SMILES string of the molecule is CCC(Br)c1nnc(C2CCOC2CC)s1. The van der Waals surface area contributed by atoms with Gasteiger partial charge in [0.15, 0.2) is 0 Å². The standard InChI is InChI=1S/C11H17BrN2OS/c1-3-8(12)11-14-13-10(16-11)7-5-6-15-9(7)4-2/h7-9H,3-6H2,1-2H3. The Kier molecular flexibility index (Phi) is 4.33. The number of halogens is 1. The van der Waals surface area contributed by atoms with Gasteiger partial charge in [0.1, 0.15) is 10.0 Å². The van der Waals surface area contributed by atoms with Gasteiger partial charge in [-0.3, -0.25) is 0 Å². The second kappa shape index (κ2) is 5.56. The van der Waals surface area contributed by atoms with Gasteiger partial charge in [0.2, 0.25) is 0 Å². The van der Waals surface area contributed by atoms with E-state index in [1.54, 1.807) is 11.3 Å². The van der Waals surface area contributed by atoms with Gasteiger partial charge in [-0.25, -0.2) is 0 Å². The molecular weight excluding hydrogens is 288 g/mol. The van der Waals surface area contributed by atoms with Crippen molar-refractivity contribution in [2.24, 2.45) is 0 Å². The molecule has 0 spiro atoms. The fourth-order valence-corrected chi connectivity index (χ4v) is 3.50. The second-order valence-electron chi connectivity index (χ2n) is 4.07. The summed E-state index contributed by atoms with van der Waals surface area (Å²) < 4.78 is 5.69. The minimum absolute atomic E-state index is 0.344. The maximum absolute atomic E-state index is 5.69. The molecule has 2 heterocycles. The van der Waals surface area contributed by atoms with Gasteiger partial charge in [-0.05, 0) is 19.3 Å². The van der Waals surface area contributed by atoms with Crippen LogP contribution in [-0.4, -0.2) is 22.9 Å². The van der Waals surface area contributed by atoms with Crippen molar-refractivity contribution in [2.75, 3.05) is 6.61 Å². The van der Waals surface area contributed by atoms with Gasteiger partial charge in [0, 0.05) is 12.5 Å². The van der Waals surface area contributed by atoms with Crippen LogP contribution >= 0.6 is 27.3 Å². The molecule has 1 aliphatic heterocycles. The van der Waals surface area contributed by atoms with Crippen molar-refractivity contribution in [3.63, 3.8) is 0 Å². The molecule has 0 N–H and O–H groups in total. The van der Waals surface area contributed by atoms with E-state index in [1.165, 1.54) is 0 Å². The summed E-state index contributed by atoms with van der Waals surface area (Å²) in [5.74, 6) is 0.466. The van der Waals surface area contributed by atoms with E-state index in [0.717, 1.165) is 35.9 Å². The molecule has 3 unspecified atom stereocenters. The van der Waals surface area contributed by atoms with Crippen LogP contribution in [0, 0.1) is 0 Å². The Hall–Kier alpha value is -0.0000000000000000555. The molecule has 1 aromatic heterocycles. The van der Waals surface area contributed by atoms with E-state index in [-0.39, 0.29) is 0 Å². The summed E-state index contributed by atoms with van der Waals surface area (Å²) in [5, 5.41) is 10.8. The first-order chi connectivity index (χ1) is 7.76. The van der Waals surface area contributed by atoms with Crippen molar-refractivity contribution in [1.29, 1.82) is 0 Å². The molecule has 0 radical (unpaired) electrons. The lowest BCUT2D eigenvalue weighted by Gasteiger charge is -2.12. The zero-order valence-corrected chi connectivity index (χ0v) is 12.1. The Labute approximate surface area is 109 Å². The molecule has 90 valence electrons. The van der Waals surface area contributed by atoms with Crippen LogP contribution in [0.1, 0.15) is 53.9 Å². The van der Waals surface area contributed by atoms with Crippen LogP contribution in [0.3, 0.4) is 0 Å². The maximum Gasteiger partial charge on any atom is 0.131 e. The quantitative estimate of drug-likeness (QED) is 0.796. The first-order valence-corrected chi connectivity index (χ1v) is 7.58. The molecule has 1 aliphatic rings. The first kappa shape index (κ1) is 12.5. The molecule has 0 aliphatic carbocycles. The Morgan fingerprint density at radius 3 is 3.00 bits per heavy atom. The van der Waals surface area contributed by atoms with Crippen LogP contribution in [0.25, 0.3) is 0 Å². The van der Waals surface area contributed by atoms with Crippen molar-refractivity contribution in [2.45, 2.75) is 50.0 Å². The fourth-order valence-electron chi connectivity index (χ4n) is 2.03. The topological polar surface area (TPSA) is 35.0 Å². The largest absolute Gasteiger partial charge is 0.377 e. The molecule has 1 fully saturated rings. The van der Waals surface area contributed by atoms with Crippen molar-refractivity contribution in [1.82, 2.24) is 10.2 Å². The summed E-state index contributed by atoms with van der Waals surface area (Å²) in [7, 11) is 0. The summed E-state index contributed by atoms with van der Waals surface area (Å²) in [4.78, 5) is 0.348. The highest BCUT2D eigenvalue weighted by molar-refractivity contribution is 9.09. The molecule has 16 heavy (non-hydrogen) atoms. The molecule has 0 saturated carbocycles. The molecular formula is C11H17BrN2OS. The second-order valence-corrected chi connectivity index (χ2v) is 6.21. The third kappa shape index (κ3) is 2.46. The van der Waals surface area contributed by atoms with Gasteiger partial charge in [0.25, 0.3) is 0 Å². The average molecular weight is 305 g/mol. The van der Waals surface area contributed by atoms with E-state index >= 15 is 0 Å². The van der Waals surface area contributed by atoms with Crippen LogP contribution in [0.2, 0.25) is 0 Å². The van der Waals surface area contributed by atoms with Crippen molar-refractivity contribution in [3.05, 3.63) is 10.0 Å². The third-order valence-corrected chi connectivity index (χ3v) is 5.56. The van der Waals surface area contributed by atoms with Gasteiger partial charge >= 0.3 is 0 Å². The zero-order valence-electron chi connectivity index (χ0n) is 9.65. The lowest BCUT2D eigenvalue weighted by atomic mass is 10.0. The highest BCUT2D eigenvalue weighted by Crippen LogP contribution is 2.37. The molecule has 2 rings (SSSR count). The van der Waals surface area contributed by atoms with Gasteiger partial charge in [-0.1, -0.05) is 41.1 Å². The number of hydrogen-bond acceptors (Lipinski definition) is 4. The summed E-state index contributed by atoms with van der Waals surface area (Å²) in [6.45, 7) is 5.18. The average Bonchev–Trinajstić information content (AvgIpc) is 2.95. The van der Waals surface area contributed by atoms with E-state index in [9.17, 15) is 0 Å². The van der Waals surface area contributed by atoms with Gasteiger partial charge < -0.3 is 4.74 Å². The molecule has 1 aromatic rings. The van der Waals surface area contributed by atoms with Crippen LogP contribution in [0.15, 0.2) is 0 Å². The molecule has 5 heteroatoms. The van der Waals surface area contributed by atoms with Gasteiger partial charge in [-0.2, -0.15) is 0 Å². The fraction of sp³-hybridized carbons (Fsp3) is 0.818. The third-order valence-electron chi connectivity index (χ3n) is 3.01. The monoisotopic (exact) mass is 304 g/mol. The summed E-state index contributed by atoms with van der Waals surface area (Å²) in [6.07, 6.45) is 3.54. The number of alkyl halides is 1. The van der Waals surface area contributed by atoms with E-state index in [0.29, 0.717) is 16.8 Å². The zero-order chi connectivity index (χ0) is 11.5. The van der Waals surface area contributed by atoms with Crippen molar-refractivity contribution < 1.29 is 4.74 Å². The van der Waals surface area contributed by atoms with Crippen LogP contribution in [0.4, 0.5) is 0 Å². The lowest BCUT2D eigenvalue weighted by Crippen LogP contribution is -2.12. The lowest BCUT2D eigenvalue weighted by molar-refractivity contribution is 0.100. The number of hydrogen-bond donors (Lipinski definition) is 0. The van der Waals surface area contributed by atoms with E-state index < -0.39 is 0 Å². The Bertz CT molecular complexity index is 344. The number of aromatic nitrogens is 2. The maximum atomic E-state index is 5.69. The molecule has 1 saturated heterocycles. The van der Waals surface area contributed by atoms with Crippen LogP contribution in [0.5, 0.6) is 0 Å². The minimum Gasteiger partial charge on any atom is -0.377 e. The number of ether oxygens (including phenoxy) is 1. The summed E-state index contributed by atoms with van der Waals surface area (Å²) >= 11 is 5.35. The number of nitrogens with zero attached hydrogens (tertiary/aromatic N) is 2. The molecule has 3 nitrogen and oxygen atoms in total. The van der Waals surface area contributed by atoms with Crippen molar-refractivity contribution in [3.8, 4) is 0 Å². The van der Waals surface area contributed by atoms with E-state index in [1.807, 2.05) is 0 Å². The van der Waals surface area contributed by atoms with Crippen LogP contribution in [-0.2, 0) is 4.74 Å². The highest BCUT2D eigenvalue weighted by atomic mass is 79.9. The van der Waals surface area contributed by atoms with Gasteiger partial charge in [-0.15, -0.1) is 10.2 Å². The normalized spacial score (nSPS) is 27.2. The molecule has 0 bridgehead atoms. The number of rotatable bonds is 4. The summed E-state index contributed by atoms with van der Waals surface area (Å²) in [5.41, 5.74) is 0. The Morgan fingerprint density at radius 2 is 2.31 bits per heavy atom. The molecule has 0 amide bonds. The minimum atomic E-state index is 0.344. The predicted octanol–water partition coefficient (Wildman–Crippen LogP) is 3.67. The van der Waals surface area contributed by atoms with Crippen LogP contribution < -0.4 is 0 Å². The molecule has 3 atom stereocenters. The highest BCUT2D eigenvalue weighted by Gasteiger charge is 2.31.